The third-order valence-electron chi connectivity index (χ3n) is 3.50. The van der Waals surface area contributed by atoms with Gasteiger partial charge in [0, 0.05) is 29.8 Å². The van der Waals surface area contributed by atoms with Gasteiger partial charge in [-0.1, -0.05) is 13.3 Å². The van der Waals surface area contributed by atoms with Gasteiger partial charge in [0.05, 0.1) is 4.92 Å². The lowest BCUT2D eigenvalue weighted by Gasteiger charge is -2.31. The van der Waals surface area contributed by atoms with E-state index in [4.69, 9.17) is 0 Å². The van der Waals surface area contributed by atoms with Crippen molar-refractivity contribution in [2.45, 2.75) is 26.2 Å². The quantitative estimate of drug-likeness (QED) is 0.634. The Morgan fingerprint density at radius 1 is 1.56 bits per heavy atom. The highest BCUT2D eigenvalue weighted by Crippen LogP contribution is 2.31. The molecule has 0 aliphatic carbocycles. The van der Waals surface area contributed by atoms with Crippen molar-refractivity contribution in [3.8, 4) is 0 Å². The second kappa shape index (κ2) is 5.65. The minimum absolute atomic E-state index is 0.0827. The van der Waals surface area contributed by atoms with Crippen LogP contribution in [0.15, 0.2) is 16.7 Å². The predicted molar refractivity (Wildman–Crippen MR) is 73.8 cm³/mol. The molecule has 5 nitrogen and oxygen atoms in total. The molecule has 1 aromatic rings. The van der Waals surface area contributed by atoms with Crippen molar-refractivity contribution in [3.63, 3.8) is 0 Å². The van der Waals surface area contributed by atoms with Gasteiger partial charge >= 0.3 is 5.69 Å². The van der Waals surface area contributed by atoms with Gasteiger partial charge in [0.1, 0.15) is 0 Å². The Labute approximate surface area is 114 Å². The molecule has 0 aromatic carbocycles. The van der Waals surface area contributed by atoms with Gasteiger partial charge < -0.3 is 4.90 Å². The summed E-state index contributed by atoms with van der Waals surface area (Å²) in [6.45, 7) is 3.91. The molecule has 2 heterocycles. The maximum absolute atomic E-state index is 11.1. The molecule has 1 aromatic heterocycles. The molecule has 0 bridgehead atoms. The molecule has 0 atom stereocenters. The zero-order valence-electron chi connectivity index (χ0n) is 10.3. The SMILES string of the molecule is CCC1CCN(c2ncc(Br)cc2[N+](=O)[O-])CC1. The lowest BCUT2D eigenvalue weighted by molar-refractivity contribution is -0.384. The van der Waals surface area contributed by atoms with E-state index in [1.807, 2.05) is 4.90 Å². The van der Waals surface area contributed by atoms with Gasteiger partial charge in [-0.2, -0.15) is 0 Å². The maximum atomic E-state index is 11.1. The summed E-state index contributed by atoms with van der Waals surface area (Å²) in [4.78, 5) is 16.9. The van der Waals surface area contributed by atoms with Crippen molar-refractivity contribution in [2.75, 3.05) is 18.0 Å². The van der Waals surface area contributed by atoms with E-state index in [1.54, 1.807) is 6.20 Å². The molecule has 1 saturated heterocycles. The third kappa shape index (κ3) is 2.80. The number of piperidine rings is 1. The first kappa shape index (κ1) is 13.3. The molecule has 0 spiro atoms. The highest BCUT2D eigenvalue weighted by Gasteiger charge is 2.25. The Hall–Kier alpha value is -1.17. The maximum Gasteiger partial charge on any atom is 0.312 e. The van der Waals surface area contributed by atoms with Gasteiger partial charge in [-0.3, -0.25) is 10.1 Å². The smallest absolute Gasteiger partial charge is 0.312 e. The summed E-state index contributed by atoms with van der Waals surface area (Å²) in [5.41, 5.74) is 0.0827. The first-order valence-electron chi connectivity index (χ1n) is 6.16. The van der Waals surface area contributed by atoms with Crippen molar-refractivity contribution >= 4 is 27.4 Å². The van der Waals surface area contributed by atoms with Crippen molar-refractivity contribution in [3.05, 3.63) is 26.9 Å². The van der Waals surface area contributed by atoms with Crippen LogP contribution in [0.3, 0.4) is 0 Å². The Morgan fingerprint density at radius 2 is 2.22 bits per heavy atom. The van der Waals surface area contributed by atoms with Gasteiger partial charge in [-0.25, -0.2) is 4.98 Å². The first-order valence-corrected chi connectivity index (χ1v) is 6.96. The van der Waals surface area contributed by atoms with Crippen LogP contribution in [0.2, 0.25) is 0 Å². The zero-order chi connectivity index (χ0) is 13.1. The van der Waals surface area contributed by atoms with E-state index in [0.29, 0.717) is 10.3 Å². The summed E-state index contributed by atoms with van der Waals surface area (Å²) in [6.07, 6.45) is 4.98. The molecule has 18 heavy (non-hydrogen) atoms. The van der Waals surface area contributed by atoms with Crippen LogP contribution in [-0.4, -0.2) is 23.0 Å². The average molecular weight is 314 g/mol. The molecule has 6 heteroatoms. The van der Waals surface area contributed by atoms with Crippen LogP contribution >= 0.6 is 15.9 Å². The Kier molecular flexibility index (Phi) is 4.16. The molecule has 2 rings (SSSR count). The van der Waals surface area contributed by atoms with E-state index in [0.717, 1.165) is 31.8 Å². The van der Waals surface area contributed by atoms with Gasteiger partial charge in [0.2, 0.25) is 5.82 Å². The van der Waals surface area contributed by atoms with Crippen molar-refractivity contribution in [1.82, 2.24) is 4.98 Å². The summed E-state index contributed by atoms with van der Waals surface area (Å²) in [6, 6.07) is 1.52. The molecule has 1 aliphatic rings. The topological polar surface area (TPSA) is 59.3 Å². The number of nitrogens with zero attached hydrogens (tertiary/aromatic N) is 3. The Morgan fingerprint density at radius 3 is 2.78 bits per heavy atom. The van der Waals surface area contributed by atoms with E-state index in [9.17, 15) is 10.1 Å². The van der Waals surface area contributed by atoms with E-state index < -0.39 is 0 Å². The van der Waals surface area contributed by atoms with Gasteiger partial charge in [-0.15, -0.1) is 0 Å². The molecule has 0 radical (unpaired) electrons. The fourth-order valence-electron chi connectivity index (χ4n) is 2.35. The second-order valence-corrected chi connectivity index (χ2v) is 5.51. The average Bonchev–Trinajstić information content (AvgIpc) is 2.39. The van der Waals surface area contributed by atoms with Crippen LogP contribution in [0.5, 0.6) is 0 Å². The number of nitro groups is 1. The number of rotatable bonds is 3. The number of halogens is 1. The van der Waals surface area contributed by atoms with Gasteiger partial charge in [0.15, 0.2) is 0 Å². The second-order valence-electron chi connectivity index (χ2n) is 4.59. The monoisotopic (exact) mass is 313 g/mol. The molecule has 1 fully saturated rings. The van der Waals surface area contributed by atoms with Gasteiger partial charge in [-0.05, 0) is 34.7 Å². The lowest BCUT2D eigenvalue weighted by Crippen LogP contribution is -2.34. The summed E-state index contributed by atoms with van der Waals surface area (Å²) < 4.78 is 0.640. The molecule has 0 unspecified atom stereocenters. The van der Waals surface area contributed by atoms with Crippen LogP contribution in [-0.2, 0) is 0 Å². The molecular weight excluding hydrogens is 298 g/mol. The largest absolute Gasteiger partial charge is 0.351 e. The van der Waals surface area contributed by atoms with Crippen LogP contribution in [0, 0.1) is 16.0 Å². The minimum atomic E-state index is -0.362. The molecular formula is C12H16BrN3O2. The number of hydrogen-bond donors (Lipinski definition) is 0. The van der Waals surface area contributed by atoms with E-state index in [2.05, 4.69) is 27.8 Å². The summed E-state index contributed by atoms with van der Waals surface area (Å²) in [5.74, 6) is 1.24. The summed E-state index contributed by atoms with van der Waals surface area (Å²) in [5, 5.41) is 11.1. The van der Waals surface area contributed by atoms with E-state index in [-0.39, 0.29) is 10.6 Å². The Balaban J connectivity index is 2.21. The number of anilines is 1. The fourth-order valence-corrected chi connectivity index (χ4v) is 2.67. The highest BCUT2D eigenvalue weighted by atomic mass is 79.9. The van der Waals surface area contributed by atoms with Gasteiger partial charge in [0.25, 0.3) is 0 Å². The summed E-state index contributed by atoms with van der Waals surface area (Å²) >= 11 is 3.22. The highest BCUT2D eigenvalue weighted by molar-refractivity contribution is 9.10. The normalized spacial score (nSPS) is 16.9. The van der Waals surface area contributed by atoms with E-state index >= 15 is 0 Å². The van der Waals surface area contributed by atoms with Crippen LogP contribution in [0.4, 0.5) is 11.5 Å². The first-order chi connectivity index (χ1) is 8.61. The lowest BCUT2D eigenvalue weighted by atomic mass is 9.94. The van der Waals surface area contributed by atoms with Crippen molar-refractivity contribution < 1.29 is 4.92 Å². The molecule has 0 amide bonds. The van der Waals surface area contributed by atoms with Crippen LogP contribution in [0.25, 0.3) is 0 Å². The summed E-state index contributed by atoms with van der Waals surface area (Å²) in [7, 11) is 0. The van der Waals surface area contributed by atoms with Crippen LogP contribution in [0.1, 0.15) is 26.2 Å². The molecule has 0 N–H and O–H groups in total. The number of pyridine rings is 1. The molecule has 98 valence electrons. The van der Waals surface area contributed by atoms with Crippen molar-refractivity contribution in [2.24, 2.45) is 5.92 Å². The Bertz CT molecular complexity index is 445. The van der Waals surface area contributed by atoms with Crippen LogP contribution < -0.4 is 4.90 Å². The molecule has 1 aliphatic heterocycles. The third-order valence-corrected chi connectivity index (χ3v) is 3.94. The van der Waals surface area contributed by atoms with E-state index in [1.165, 1.54) is 12.5 Å². The number of aromatic nitrogens is 1. The van der Waals surface area contributed by atoms with Crippen molar-refractivity contribution in [1.29, 1.82) is 0 Å². The fraction of sp³-hybridized carbons (Fsp3) is 0.583. The zero-order valence-corrected chi connectivity index (χ0v) is 11.9. The molecule has 0 saturated carbocycles. The minimum Gasteiger partial charge on any atom is -0.351 e. The number of hydrogen-bond acceptors (Lipinski definition) is 4. The predicted octanol–water partition coefficient (Wildman–Crippen LogP) is 3.38. The standard InChI is InChI=1S/C12H16BrN3O2/c1-2-9-3-5-15(6-4-9)12-11(16(17)18)7-10(13)8-14-12/h7-9H,2-6H2,1H3.